The summed E-state index contributed by atoms with van der Waals surface area (Å²) in [6, 6.07) is 15.5. The molecule has 39 heavy (non-hydrogen) atoms. The van der Waals surface area contributed by atoms with Gasteiger partial charge in [-0.2, -0.15) is 13.2 Å². The van der Waals surface area contributed by atoms with Gasteiger partial charge in [0.15, 0.2) is 11.4 Å². The van der Waals surface area contributed by atoms with Gasteiger partial charge in [0.2, 0.25) is 11.2 Å². The summed E-state index contributed by atoms with van der Waals surface area (Å²) in [5.74, 6) is -3.32. The van der Waals surface area contributed by atoms with Crippen molar-refractivity contribution >= 4 is 11.7 Å². The van der Waals surface area contributed by atoms with Crippen LogP contribution < -0.4 is 10.4 Å². The SMILES string of the molecule is CC(C)N1C(=O)c2c(O)c(=O)ccn2N(C2c3ccccc3CCc3ccccc32)C1CCC(=O)C(F)(F)F. The highest BCUT2D eigenvalue weighted by Gasteiger charge is 2.46. The lowest BCUT2D eigenvalue weighted by Crippen LogP contribution is -2.64. The largest absolute Gasteiger partial charge is 0.502 e. The van der Waals surface area contributed by atoms with Crippen LogP contribution in [0, 0.1) is 0 Å². The predicted octanol–water partition coefficient (Wildman–Crippen LogP) is 4.48. The van der Waals surface area contributed by atoms with E-state index >= 15 is 0 Å². The molecule has 0 radical (unpaired) electrons. The van der Waals surface area contributed by atoms with Crippen LogP contribution in [0.3, 0.4) is 0 Å². The molecule has 2 aromatic carbocycles. The van der Waals surface area contributed by atoms with Crippen molar-refractivity contribution in [3.63, 3.8) is 0 Å². The van der Waals surface area contributed by atoms with Gasteiger partial charge >= 0.3 is 6.18 Å². The second-order valence-electron chi connectivity index (χ2n) is 10.1. The zero-order valence-electron chi connectivity index (χ0n) is 21.5. The first-order valence-corrected chi connectivity index (χ1v) is 12.8. The monoisotopic (exact) mass is 539 g/mol. The highest BCUT2D eigenvalue weighted by Crippen LogP contribution is 2.41. The van der Waals surface area contributed by atoms with Crippen LogP contribution in [0.1, 0.15) is 65.5 Å². The number of nitrogens with zero attached hydrogens (tertiary/aromatic N) is 3. The van der Waals surface area contributed by atoms with Crippen molar-refractivity contribution in [3.8, 4) is 5.75 Å². The van der Waals surface area contributed by atoms with Crippen molar-refractivity contribution in [2.75, 3.05) is 5.01 Å². The normalized spacial score (nSPS) is 17.5. The molecular weight excluding hydrogens is 511 g/mol. The van der Waals surface area contributed by atoms with E-state index in [2.05, 4.69) is 0 Å². The Morgan fingerprint density at radius 3 is 2.08 bits per heavy atom. The summed E-state index contributed by atoms with van der Waals surface area (Å²) < 4.78 is 41.1. The Hall–Kier alpha value is -4.08. The van der Waals surface area contributed by atoms with Crippen molar-refractivity contribution in [1.82, 2.24) is 9.58 Å². The third kappa shape index (κ3) is 4.57. The molecule has 7 nitrogen and oxygen atoms in total. The maximum atomic E-state index is 13.7. The second-order valence-corrected chi connectivity index (χ2v) is 10.1. The number of Topliss-reactive ketones (excluding diaryl/α,β-unsaturated/α-hetero) is 1. The summed E-state index contributed by atoms with van der Waals surface area (Å²) in [4.78, 5) is 39.5. The van der Waals surface area contributed by atoms with E-state index in [1.807, 2.05) is 48.5 Å². The highest BCUT2D eigenvalue weighted by atomic mass is 19.4. The van der Waals surface area contributed by atoms with Gasteiger partial charge in [0.25, 0.3) is 5.91 Å². The molecule has 1 aliphatic heterocycles. The number of amides is 1. The summed E-state index contributed by atoms with van der Waals surface area (Å²) in [6.45, 7) is 3.41. The minimum atomic E-state index is -5.01. The minimum absolute atomic E-state index is 0.270. The number of alkyl halides is 3. The number of aromatic hydroxyl groups is 1. The fourth-order valence-electron chi connectivity index (χ4n) is 5.76. The van der Waals surface area contributed by atoms with Crippen molar-refractivity contribution < 1.29 is 27.9 Å². The maximum absolute atomic E-state index is 13.7. The number of hydrogen-bond acceptors (Lipinski definition) is 5. The van der Waals surface area contributed by atoms with Gasteiger partial charge in [0.1, 0.15) is 6.17 Å². The van der Waals surface area contributed by atoms with E-state index in [1.54, 1.807) is 18.9 Å². The first kappa shape index (κ1) is 26.5. The number of halogens is 3. The number of carbonyl (C=O) groups is 2. The van der Waals surface area contributed by atoms with E-state index in [0.717, 1.165) is 41.2 Å². The van der Waals surface area contributed by atoms with Crippen LogP contribution in [0.4, 0.5) is 13.2 Å². The molecule has 204 valence electrons. The van der Waals surface area contributed by atoms with Crippen molar-refractivity contribution in [2.24, 2.45) is 0 Å². The smallest absolute Gasteiger partial charge is 0.449 e. The van der Waals surface area contributed by atoms with Crippen molar-refractivity contribution in [2.45, 2.75) is 64.0 Å². The van der Waals surface area contributed by atoms with E-state index < -0.39 is 53.7 Å². The third-order valence-electron chi connectivity index (χ3n) is 7.50. The summed E-state index contributed by atoms with van der Waals surface area (Å²) in [5.41, 5.74) is 2.82. The molecule has 2 heterocycles. The van der Waals surface area contributed by atoms with E-state index in [-0.39, 0.29) is 12.1 Å². The first-order chi connectivity index (χ1) is 18.5. The molecule has 1 amide bonds. The molecule has 2 aliphatic rings. The molecule has 10 heteroatoms. The second kappa shape index (κ2) is 9.91. The number of pyridine rings is 1. The van der Waals surface area contributed by atoms with Crippen molar-refractivity contribution in [1.29, 1.82) is 0 Å². The number of carbonyl (C=O) groups excluding carboxylic acids is 2. The molecule has 0 bridgehead atoms. The Labute approximate surface area is 223 Å². The number of ketones is 1. The summed E-state index contributed by atoms with van der Waals surface area (Å²) >= 11 is 0. The van der Waals surface area contributed by atoms with E-state index in [4.69, 9.17) is 0 Å². The number of fused-ring (bicyclic) bond motifs is 3. The number of aryl methyl sites for hydroxylation is 2. The topological polar surface area (TPSA) is 82.8 Å². The third-order valence-corrected chi connectivity index (χ3v) is 7.50. The predicted molar refractivity (Wildman–Crippen MR) is 138 cm³/mol. The van der Waals surface area contributed by atoms with Crippen LogP contribution >= 0.6 is 0 Å². The average Bonchev–Trinajstić information content (AvgIpc) is 3.05. The van der Waals surface area contributed by atoms with Gasteiger partial charge in [0, 0.05) is 24.7 Å². The van der Waals surface area contributed by atoms with Gasteiger partial charge in [-0.3, -0.25) is 24.1 Å². The van der Waals surface area contributed by atoms with Gasteiger partial charge in [-0.15, -0.1) is 0 Å². The Morgan fingerprint density at radius 2 is 1.54 bits per heavy atom. The van der Waals surface area contributed by atoms with Gasteiger partial charge in [-0.05, 0) is 55.4 Å². The molecule has 0 saturated heterocycles. The van der Waals surface area contributed by atoms with Crippen molar-refractivity contribution in [3.05, 3.63) is 99.0 Å². The lowest BCUT2D eigenvalue weighted by Gasteiger charge is -2.51. The van der Waals surface area contributed by atoms with Crippen LogP contribution in [-0.4, -0.2) is 44.8 Å². The lowest BCUT2D eigenvalue weighted by molar-refractivity contribution is -0.171. The average molecular weight is 540 g/mol. The zero-order chi connectivity index (χ0) is 28.1. The zero-order valence-corrected chi connectivity index (χ0v) is 21.5. The molecule has 0 saturated carbocycles. The number of hydrogen-bond donors (Lipinski definition) is 1. The first-order valence-electron chi connectivity index (χ1n) is 12.8. The number of aromatic nitrogens is 1. The molecule has 1 aliphatic carbocycles. The van der Waals surface area contributed by atoms with Crippen LogP contribution in [0.5, 0.6) is 5.75 Å². The summed E-state index contributed by atoms with van der Waals surface area (Å²) in [7, 11) is 0. The Kier molecular flexibility index (Phi) is 6.74. The van der Waals surface area contributed by atoms with Crippen LogP contribution in [-0.2, 0) is 17.6 Å². The van der Waals surface area contributed by atoms with Crippen LogP contribution in [0.15, 0.2) is 65.6 Å². The molecule has 1 aromatic heterocycles. The minimum Gasteiger partial charge on any atom is -0.502 e. The molecule has 1 atom stereocenters. The molecule has 0 fully saturated rings. The molecule has 5 rings (SSSR count). The molecule has 0 spiro atoms. The molecule has 1 N–H and O–H groups in total. The highest BCUT2D eigenvalue weighted by molar-refractivity contribution is 5.96. The number of rotatable bonds is 5. The number of benzene rings is 2. The summed E-state index contributed by atoms with van der Waals surface area (Å²) in [5, 5.41) is 12.5. The van der Waals surface area contributed by atoms with Crippen LogP contribution in [0.25, 0.3) is 0 Å². The lowest BCUT2D eigenvalue weighted by atomic mass is 9.92. The van der Waals surface area contributed by atoms with Gasteiger partial charge in [-0.25, -0.2) is 0 Å². The van der Waals surface area contributed by atoms with Gasteiger partial charge in [0.05, 0.1) is 6.04 Å². The fraction of sp³-hybridized carbons (Fsp3) is 0.345. The Bertz CT molecular complexity index is 1450. The van der Waals surface area contributed by atoms with E-state index in [9.17, 15) is 32.7 Å². The summed E-state index contributed by atoms with van der Waals surface area (Å²) in [6.07, 6.45) is -4.33. The van der Waals surface area contributed by atoms with Crippen LogP contribution in [0.2, 0.25) is 0 Å². The Balaban J connectivity index is 1.79. The van der Waals surface area contributed by atoms with E-state index in [0.29, 0.717) is 0 Å². The molecular formula is C29H28F3N3O4. The fourth-order valence-corrected chi connectivity index (χ4v) is 5.76. The maximum Gasteiger partial charge on any atom is 0.449 e. The standard InChI is InChI=1S/C29H28F3N3O4/c1-17(2)34-24(14-13-23(37)29(30,31)32)35(33-16-15-22(36)27(38)26(33)28(34)39)25-20-9-5-3-7-18(20)11-12-19-8-4-6-10-21(19)25/h3-10,15-17,24-25,38H,11-14H2,1-2H3. The molecule has 3 aromatic rings. The quantitative estimate of drug-likeness (QED) is 0.517. The molecule has 1 unspecified atom stereocenters. The van der Waals surface area contributed by atoms with Gasteiger partial charge < -0.3 is 10.0 Å². The van der Waals surface area contributed by atoms with Gasteiger partial charge in [-0.1, -0.05) is 48.5 Å². The Morgan fingerprint density at radius 1 is 0.974 bits per heavy atom. The van der Waals surface area contributed by atoms with E-state index in [1.165, 1.54) is 15.8 Å².